The summed E-state index contributed by atoms with van der Waals surface area (Å²) in [6, 6.07) is 6.74. The molecule has 0 bridgehead atoms. The SMILES string of the molecule is O=C(CN1C(=O)c2ccccc2C1=O)N1CCC2(CCNC2)CC1. The minimum atomic E-state index is -0.363. The molecule has 3 aliphatic heterocycles. The molecule has 3 heterocycles. The van der Waals surface area contributed by atoms with E-state index in [1.54, 1.807) is 29.2 Å². The van der Waals surface area contributed by atoms with E-state index < -0.39 is 0 Å². The molecule has 6 nitrogen and oxygen atoms in total. The van der Waals surface area contributed by atoms with Gasteiger partial charge in [0.05, 0.1) is 11.1 Å². The summed E-state index contributed by atoms with van der Waals surface area (Å²) in [6.07, 6.45) is 3.16. The van der Waals surface area contributed by atoms with E-state index in [0.29, 0.717) is 29.6 Å². The number of benzene rings is 1. The molecule has 0 atom stereocenters. The average molecular weight is 327 g/mol. The first kappa shape index (κ1) is 15.3. The Labute approximate surface area is 140 Å². The van der Waals surface area contributed by atoms with Crippen molar-refractivity contribution < 1.29 is 14.4 Å². The first-order valence-corrected chi connectivity index (χ1v) is 8.53. The van der Waals surface area contributed by atoms with Crippen molar-refractivity contribution in [2.45, 2.75) is 19.3 Å². The lowest BCUT2D eigenvalue weighted by molar-refractivity contribution is -0.133. The fourth-order valence-electron chi connectivity index (χ4n) is 4.07. The molecule has 0 radical (unpaired) electrons. The van der Waals surface area contributed by atoms with Crippen LogP contribution in [0.25, 0.3) is 0 Å². The predicted octanol–water partition coefficient (Wildman–Crippen LogP) is 0.885. The molecular weight excluding hydrogens is 306 g/mol. The number of hydrogen-bond acceptors (Lipinski definition) is 4. The average Bonchev–Trinajstić information content (AvgIpc) is 3.15. The van der Waals surface area contributed by atoms with Crippen molar-refractivity contribution in [1.82, 2.24) is 15.1 Å². The van der Waals surface area contributed by atoms with Crippen molar-refractivity contribution in [3.8, 4) is 0 Å². The molecule has 3 amide bonds. The Balaban J connectivity index is 1.41. The second-order valence-electron chi connectivity index (χ2n) is 7.05. The number of carbonyl (C=O) groups excluding carboxylic acids is 3. The molecule has 2 saturated heterocycles. The fourth-order valence-corrected chi connectivity index (χ4v) is 4.07. The fraction of sp³-hybridized carbons (Fsp3) is 0.500. The second kappa shape index (κ2) is 5.70. The molecule has 126 valence electrons. The van der Waals surface area contributed by atoms with Gasteiger partial charge in [-0.1, -0.05) is 12.1 Å². The Kier molecular flexibility index (Phi) is 3.64. The molecule has 0 unspecified atom stereocenters. The van der Waals surface area contributed by atoms with Gasteiger partial charge in [0.2, 0.25) is 5.91 Å². The number of carbonyl (C=O) groups is 3. The number of imide groups is 1. The van der Waals surface area contributed by atoms with E-state index in [4.69, 9.17) is 0 Å². The Morgan fingerprint density at radius 1 is 1.04 bits per heavy atom. The minimum absolute atomic E-state index is 0.134. The summed E-state index contributed by atoms with van der Waals surface area (Å²) in [5.74, 6) is -0.861. The van der Waals surface area contributed by atoms with E-state index in [1.807, 2.05) is 0 Å². The van der Waals surface area contributed by atoms with Crippen molar-refractivity contribution in [2.75, 3.05) is 32.7 Å². The molecule has 1 N–H and O–H groups in total. The van der Waals surface area contributed by atoms with Crippen LogP contribution in [0.1, 0.15) is 40.0 Å². The van der Waals surface area contributed by atoms with Gasteiger partial charge in [0.15, 0.2) is 0 Å². The zero-order chi connectivity index (χ0) is 16.7. The van der Waals surface area contributed by atoms with Gasteiger partial charge in [-0.25, -0.2) is 0 Å². The molecule has 0 aromatic heterocycles. The number of hydrogen-bond donors (Lipinski definition) is 1. The molecule has 3 aliphatic rings. The maximum Gasteiger partial charge on any atom is 0.262 e. The smallest absolute Gasteiger partial charge is 0.262 e. The Morgan fingerprint density at radius 3 is 2.21 bits per heavy atom. The Bertz CT molecular complexity index is 664. The van der Waals surface area contributed by atoms with Gasteiger partial charge in [0.25, 0.3) is 11.8 Å². The van der Waals surface area contributed by atoms with Gasteiger partial charge >= 0.3 is 0 Å². The van der Waals surface area contributed by atoms with Gasteiger partial charge in [-0.2, -0.15) is 0 Å². The molecular formula is C18H21N3O3. The quantitative estimate of drug-likeness (QED) is 0.819. The first-order valence-electron chi connectivity index (χ1n) is 8.53. The van der Waals surface area contributed by atoms with Gasteiger partial charge in [-0.15, -0.1) is 0 Å². The van der Waals surface area contributed by atoms with E-state index in [1.165, 1.54) is 6.42 Å². The summed E-state index contributed by atoms with van der Waals surface area (Å²) in [6.45, 7) is 3.36. The molecule has 24 heavy (non-hydrogen) atoms. The lowest BCUT2D eigenvalue weighted by Gasteiger charge is -2.39. The molecule has 0 aliphatic carbocycles. The number of piperidine rings is 1. The lowest BCUT2D eigenvalue weighted by Crippen LogP contribution is -2.48. The molecule has 0 saturated carbocycles. The molecule has 4 rings (SSSR count). The highest BCUT2D eigenvalue weighted by molar-refractivity contribution is 6.22. The lowest BCUT2D eigenvalue weighted by atomic mass is 9.78. The van der Waals surface area contributed by atoms with Crippen LogP contribution in [0.5, 0.6) is 0 Å². The van der Waals surface area contributed by atoms with Crippen molar-refractivity contribution in [3.05, 3.63) is 35.4 Å². The topological polar surface area (TPSA) is 69.7 Å². The first-order chi connectivity index (χ1) is 11.6. The van der Waals surface area contributed by atoms with E-state index >= 15 is 0 Å². The van der Waals surface area contributed by atoms with Crippen LogP contribution < -0.4 is 5.32 Å². The van der Waals surface area contributed by atoms with Gasteiger partial charge in [0.1, 0.15) is 6.54 Å². The third-order valence-corrected chi connectivity index (χ3v) is 5.68. The van der Waals surface area contributed by atoms with Gasteiger partial charge in [-0.3, -0.25) is 19.3 Å². The summed E-state index contributed by atoms with van der Waals surface area (Å²) in [7, 11) is 0. The van der Waals surface area contributed by atoms with Gasteiger partial charge < -0.3 is 10.2 Å². The summed E-state index contributed by atoms with van der Waals surface area (Å²) < 4.78 is 0. The van der Waals surface area contributed by atoms with Crippen LogP contribution in [0.15, 0.2) is 24.3 Å². The van der Waals surface area contributed by atoms with Crippen LogP contribution in [0.4, 0.5) is 0 Å². The summed E-state index contributed by atoms with van der Waals surface area (Å²) in [4.78, 5) is 40.2. The normalized spacial score (nSPS) is 22.3. The zero-order valence-electron chi connectivity index (χ0n) is 13.6. The van der Waals surface area contributed by atoms with Crippen molar-refractivity contribution in [1.29, 1.82) is 0 Å². The Morgan fingerprint density at radius 2 is 1.67 bits per heavy atom. The largest absolute Gasteiger partial charge is 0.341 e. The molecule has 2 fully saturated rings. The molecule has 6 heteroatoms. The zero-order valence-corrected chi connectivity index (χ0v) is 13.6. The predicted molar refractivity (Wildman–Crippen MR) is 87.5 cm³/mol. The van der Waals surface area contributed by atoms with E-state index in [9.17, 15) is 14.4 Å². The van der Waals surface area contributed by atoms with Crippen LogP contribution in [0.2, 0.25) is 0 Å². The monoisotopic (exact) mass is 327 g/mol. The van der Waals surface area contributed by atoms with Crippen LogP contribution in [0.3, 0.4) is 0 Å². The summed E-state index contributed by atoms with van der Waals surface area (Å²) in [5.41, 5.74) is 1.13. The molecule has 1 aromatic rings. The van der Waals surface area contributed by atoms with Gasteiger partial charge in [-0.05, 0) is 43.4 Å². The third kappa shape index (κ3) is 2.41. The van der Waals surface area contributed by atoms with Crippen LogP contribution in [-0.2, 0) is 4.79 Å². The second-order valence-corrected chi connectivity index (χ2v) is 7.05. The van der Waals surface area contributed by atoms with Crippen LogP contribution in [0, 0.1) is 5.41 Å². The number of fused-ring (bicyclic) bond motifs is 1. The van der Waals surface area contributed by atoms with Crippen LogP contribution >= 0.6 is 0 Å². The van der Waals surface area contributed by atoms with E-state index in [-0.39, 0.29) is 24.3 Å². The molecule has 1 spiro atoms. The summed E-state index contributed by atoms with van der Waals surface area (Å²) in [5, 5.41) is 3.41. The van der Waals surface area contributed by atoms with E-state index in [0.717, 1.165) is 30.8 Å². The molecule has 1 aromatic carbocycles. The highest BCUT2D eigenvalue weighted by Crippen LogP contribution is 2.37. The minimum Gasteiger partial charge on any atom is -0.341 e. The van der Waals surface area contributed by atoms with Gasteiger partial charge in [0, 0.05) is 19.6 Å². The number of likely N-dealkylation sites (tertiary alicyclic amines) is 1. The standard InChI is InChI=1S/C18H21N3O3/c22-15(20-9-6-18(7-10-20)5-8-19-12-18)11-21-16(23)13-3-1-2-4-14(13)17(21)24/h1-4,19H,5-12H2. The van der Waals surface area contributed by atoms with Crippen molar-refractivity contribution >= 4 is 17.7 Å². The highest BCUT2D eigenvalue weighted by atomic mass is 16.2. The highest BCUT2D eigenvalue weighted by Gasteiger charge is 2.40. The number of nitrogens with zero attached hydrogens (tertiary/aromatic N) is 2. The van der Waals surface area contributed by atoms with Crippen LogP contribution in [-0.4, -0.2) is 60.2 Å². The van der Waals surface area contributed by atoms with Crippen molar-refractivity contribution in [3.63, 3.8) is 0 Å². The van der Waals surface area contributed by atoms with Crippen molar-refractivity contribution in [2.24, 2.45) is 5.41 Å². The Hall–Kier alpha value is -2.21. The number of rotatable bonds is 2. The maximum atomic E-state index is 12.6. The number of amides is 3. The van der Waals surface area contributed by atoms with E-state index in [2.05, 4.69) is 5.32 Å². The maximum absolute atomic E-state index is 12.6. The summed E-state index contributed by atoms with van der Waals surface area (Å²) >= 11 is 0. The number of nitrogens with one attached hydrogen (secondary N) is 1. The third-order valence-electron chi connectivity index (χ3n) is 5.68.